The Balaban J connectivity index is 3.46. The Bertz CT molecular complexity index is 454. The number of hydrogen-bond acceptors (Lipinski definition) is 3. The molecule has 0 aromatic heterocycles. The van der Waals surface area contributed by atoms with E-state index in [4.69, 9.17) is 27.0 Å². The Morgan fingerprint density at radius 2 is 1.93 bits per heavy atom. The molecule has 14 heavy (non-hydrogen) atoms. The minimum atomic E-state index is -3.74. The zero-order chi connectivity index (χ0) is 10.9. The van der Waals surface area contributed by atoms with Gasteiger partial charge in [-0.3, -0.25) is 0 Å². The van der Waals surface area contributed by atoms with Crippen molar-refractivity contribution in [1.29, 1.82) is 0 Å². The summed E-state index contributed by atoms with van der Waals surface area (Å²) in [5.74, 6) is 0.297. The molecule has 0 heterocycles. The van der Waals surface area contributed by atoms with Crippen molar-refractivity contribution < 1.29 is 13.2 Å². The van der Waals surface area contributed by atoms with Crippen molar-refractivity contribution in [3.05, 3.63) is 22.7 Å². The van der Waals surface area contributed by atoms with Gasteiger partial charge in [0, 0.05) is 16.7 Å². The zero-order valence-electron chi connectivity index (χ0n) is 7.54. The number of rotatable bonds is 2. The number of methoxy groups -OCH3 is 1. The fourth-order valence-electron chi connectivity index (χ4n) is 0.995. The minimum absolute atomic E-state index is 0.0158. The van der Waals surface area contributed by atoms with Gasteiger partial charge in [0.25, 0.3) is 9.05 Å². The summed E-state index contributed by atoms with van der Waals surface area (Å²) < 4.78 is 27.0. The molecule has 0 radical (unpaired) electrons. The van der Waals surface area contributed by atoms with E-state index in [0.29, 0.717) is 16.3 Å². The first-order chi connectivity index (χ1) is 6.36. The highest BCUT2D eigenvalue weighted by Gasteiger charge is 2.15. The van der Waals surface area contributed by atoms with E-state index >= 15 is 0 Å². The fraction of sp³-hybridized carbons (Fsp3) is 0.250. The lowest BCUT2D eigenvalue weighted by molar-refractivity contribution is 0.413. The van der Waals surface area contributed by atoms with E-state index < -0.39 is 9.05 Å². The lowest BCUT2D eigenvalue weighted by atomic mass is 10.2. The van der Waals surface area contributed by atoms with Crippen molar-refractivity contribution in [1.82, 2.24) is 0 Å². The molecule has 0 aliphatic carbocycles. The van der Waals surface area contributed by atoms with Gasteiger partial charge in [-0.05, 0) is 18.6 Å². The van der Waals surface area contributed by atoms with Crippen molar-refractivity contribution in [2.24, 2.45) is 0 Å². The van der Waals surface area contributed by atoms with Crippen LogP contribution in [0.3, 0.4) is 0 Å². The molecule has 0 saturated heterocycles. The Kier molecular flexibility index (Phi) is 3.29. The molecule has 0 unspecified atom stereocenters. The standard InChI is InChI=1S/C8H8Cl2O3S/c1-5-3-6(14(10,11)12)4-7(13-2)8(5)9/h3-4H,1-2H3. The maximum atomic E-state index is 11.0. The predicted molar refractivity (Wildman–Crippen MR) is 55.8 cm³/mol. The largest absolute Gasteiger partial charge is 0.495 e. The number of hydrogen-bond donors (Lipinski definition) is 0. The molecule has 0 N–H and O–H groups in total. The first-order valence-electron chi connectivity index (χ1n) is 3.65. The Hall–Kier alpha value is -0.450. The summed E-state index contributed by atoms with van der Waals surface area (Å²) in [5.41, 5.74) is 0.602. The van der Waals surface area contributed by atoms with Crippen LogP contribution in [-0.2, 0) is 9.05 Å². The van der Waals surface area contributed by atoms with Crippen LogP contribution in [0, 0.1) is 6.92 Å². The van der Waals surface area contributed by atoms with E-state index in [9.17, 15) is 8.42 Å². The van der Waals surface area contributed by atoms with Gasteiger partial charge in [-0.15, -0.1) is 0 Å². The SMILES string of the molecule is COc1cc(S(=O)(=O)Cl)cc(C)c1Cl. The van der Waals surface area contributed by atoms with Crippen molar-refractivity contribution >= 4 is 31.3 Å². The molecule has 0 aliphatic heterocycles. The van der Waals surface area contributed by atoms with E-state index in [0.717, 1.165) is 0 Å². The van der Waals surface area contributed by atoms with Crippen LogP contribution in [0.1, 0.15) is 5.56 Å². The molecule has 0 amide bonds. The van der Waals surface area contributed by atoms with Crippen LogP contribution >= 0.6 is 22.3 Å². The van der Waals surface area contributed by atoms with Crippen molar-refractivity contribution in [3.63, 3.8) is 0 Å². The Labute approximate surface area is 92.0 Å². The average Bonchev–Trinajstić information content (AvgIpc) is 2.07. The topological polar surface area (TPSA) is 43.4 Å². The molecule has 3 nitrogen and oxygen atoms in total. The molecular weight excluding hydrogens is 247 g/mol. The lowest BCUT2D eigenvalue weighted by Crippen LogP contribution is -1.94. The van der Waals surface area contributed by atoms with Gasteiger partial charge in [0.05, 0.1) is 17.0 Å². The number of benzene rings is 1. The Morgan fingerprint density at radius 1 is 1.36 bits per heavy atom. The smallest absolute Gasteiger partial charge is 0.261 e. The van der Waals surface area contributed by atoms with Gasteiger partial charge in [-0.1, -0.05) is 11.6 Å². The summed E-state index contributed by atoms with van der Waals surface area (Å²) in [5, 5.41) is 0.386. The van der Waals surface area contributed by atoms with E-state index in [1.165, 1.54) is 19.2 Å². The first kappa shape index (κ1) is 11.6. The van der Waals surface area contributed by atoms with E-state index in [-0.39, 0.29) is 4.90 Å². The summed E-state index contributed by atoms with van der Waals surface area (Å²) >= 11 is 5.85. The molecule has 78 valence electrons. The van der Waals surface area contributed by atoms with E-state index in [1.807, 2.05) is 0 Å². The lowest BCUT2D eigenvalue weighted by Gasteiger charge is -2.07. The van der Waals surface area contributed by atoms with Crippen LogP contribution in [0.2, 0.25) is 5.02 Å². The molecule has 0 spiro atoms. The quantitative estimate of drug-likeness (QED) is 0.763. The second-order valence-electron chi connectivity index (χ2n) is 2.69. The maximum absolute atomic E-state index is 11.0. The second-order valence-corrected chi connectivity index (χ2v) is 5.64. The van der Waals surface area contributed by atoms with Crippen LogP contribution in [0.15, 0.2) is 17.0 Å². The third-order valence-corrected chi connectivity index (χ3v) is 3.51. The van der Waals surface area contributed by atoms with Crippen LogP contribution in [0.25, 0.3) is 0 Å². The van der Waals surface area contributed by atoms with Gasteiger partial charge in [0.2, 0.25) is 0 Å². The van der Waals surface area contributed by atoms with Gasteiger partial charge in [-0.2, -0.15) is 0 Å². The zero-order valence-corrected chi connectivity index (χ0v) is 9.87. The molecule has 1 aromatic carbocycles. The molecule has 0 aliphatic rings. The molecule has 0 bridgehead atoms. The summed E-state index contributed by atoms with van der Waals surface area (Å²) in [7, 11) is 2.85. The summed E-state index contributed by atoms with van der Waals surface area (Å²) in [6.45, 7) is 1.68. The summed E-state index contributed by atoms with van der Waals surface area (Å²) in [6, 6.07) is 2.69. The number of aryl methyl sites for hydroxylation is 1. The Morgan fingerprint density at radius 3 is 2.36 bits per heavy atom. The fourth-order valence-corrected chi connectivity index (χ4v) is 2.01. The molecule has 1 aromatic rings. The number of ether oxygens (including phenoxy) is 1. The van der Waals surface area contributed by atoms with Crippen LogP contribution in [0.5, 0.6) is 5.75 Å². The van der Waals surface area contributed by atoms with E-state index in [2.05, 4.69) is 0 Å². The van der Waals surface area contributed by atoms with Crippen molar-refractivity contribution in [2.45, 2.75) is 11.8 Å². The summed E-state index contributed by atoms with van der Waals surface area (Å²) in [4.78, 5) is -0.0158. The highest BCUT2D eigenvalue weighted by atomic mass is 35.7. The molecule has 0 atom stereocenters. The average molecular weight is 255 g/mol. The minimum Gasteiger partial charge on any atom is -0.495 e. The van der Waals surface area contributed by atoms with Gasteiger partial charge >= 0.3 is 0 Å². The number of halogens is 2. The van der Waals surface area contributed by atoms with Crippen molar-refractivity contribution in [2.75, 3.05) is 7.11 Å². The third-order valence-electron chi connectivity index (χ3n) is 1.70. The predicted octanol–water partition coefficient (Wildman–Crippen LogP) is 2.58. The normalized spacial score (nSPS) is 11.4. The van der Waals surface area contributed by atoms with E-state index in [1.54, 1.807) is 6.92 Å². The van der Waals surface area contributed by atoms with Gasteiger partial charge in [-0.25, -0.2) is 8.42 Å². The van der Waals surface area contributed by atoms with Crippen LogP contribution < -0.4 is 4.74 Å². The highest BCUT2D eigenvalue weighted by molar-refractivity contribution is 8.13. The third kappa shape index (κ3) is 2.32. The molecule has 6 heteroatoms. The highest BCUT2D eigenvalue weighted by Crippen LogP contribution is 2.31. The first-order valence-corrected chi connectivity index (χ1v) is 6.34. The molecule has 0 saturated carbocycles. The second kappa shape index (κ2) is 3.96. The molecular formula is C8H8Cl2O3S. The van der Waals surface area contributed by atoms with Gasteiger partial charge in [0.1, 0.15) is 5.75 Å². The van der Waals surface area contributed by atoms with Gasteiger partial charge in [0.15, 0.2) is 0 Å². The monoisotopic (exact) mass is 254 g/mol. The van der Waals surface area contributed by atoms with Crippen LogP contribution in [-0.4, -0.2) is 15.5 Å². The van der Waals surface area contributed by atoms with Crippen molar-refractivity contribution in [3.8, 4) is 5.75 Å². The van der Waals surface area contributed by atoms with Gasteiger partial charge < -0.3 is 4.74 Å². The van der Waals surface area contributed by atoms with Crippen LogP contribution in [0.4, 0.5) is 0 Å². The molecule has 1 rings (SSSR count). The maximum Gasteiger partial charge on any atom is 0.261 e. The molecule has 0 fully saturated rings. The summed E-state index contributed by atoms with van der Waals surface area (Å²) in [6.07, 6.45) is 0.